The minimum atomic E-state index is -1.67. The first-order valence-electron chi connectivity index (χ1n) is 26.5. The quantitative estimate of drug-likeness (QED) is 0.0216. The molecular formula is C54H99NO10. The van der Waals surface area contributed by atoms with Crippen molar-refractivity contribution in [2.75, 3.05) is 13.2 Å². The van der Waals surface area contributed by atoms with Gasteiger partial charge in [0.2, 0.25) is 5.91 Å². The van der Waals surface area contributed by atoms with E-state index in [0.29, 0.717) is 19.3 Å². The number of rotatable bonds is 44. The third-order valence-corrected chi connectivity index (χ3v) is 12.6. The van der Waals surface area contributed by atoms with Gasteiger partial charge in [0.05, 0.1) is 25.4 Å². The normalized spacial score (nSPS) is 21.3. The van der Waals surface area contributed by atoms with Crippen molar-refractivity contribution < 1.29 is 50.0 Å². The summed E-state index contributed by atoms with van der Waals surface area (Å²) in [4.78, 5) is 13.1. The number of nitrogens with one attached hydrogen (secondary N) is 1. The van der Waals surface area contributed by atoms with Gasteiger partial charge in [-0.15, -0.1) is 0 Å². The third kappa shape index (κ3) is 32.5. The highest BCUT2D eigenvalue weighted by molar-refractivity contribution is 5.80. The van der Waals surface area contributed by atoms with Crippen LogP contribution in [0.4, 0.5) is 0 Å². The molecule has 0 radical (unpaired) electrons. The Morgan fingerprint density at radius 3 is 1.54 bits per heavy atom. The molecule has 11 nitrogen and oxygen atoms in total. The Kier molecular flexibility index (Phi) is 40.7. The molecule has 0 saturated carbocycles. The van der Waals surface area contributed by atoms with Crippen LogP contribution in [0.2, 0.25) is 0 Å². The highest BCUT2D eigenvalue weighted by Gasteiger charge is 2.44. The molecule has 9 atom stereocenters. The minimum absolute atomic E-state index is 0.245. The summed E-state index contributed by atoms with van der Waals surface area (Å²) in [5.41, 5.74) is 0. The molecule has 11 heteroatoms. The molecule has 0 aromatic rings. The van der Waals surface area contributed by atoms with E-state index in [0.717, 1.165) is 51.4 Å². The minimum Gasteiger partial charge on any atom is -0.394 e. The van der Waals surface area contributed by atoms with E-state index < -0.39 is 74.2 Å². The second-order valence-electron chi connectivity index (χ2n) is 18.5. The molecule has 65 heavy (non-hydrogen) atoms. The Balaban J connectivity index is 2.40. The lowest BCUT2D eigenvalue weighted by Gasteiger charge is -2.40. The number of unbranched alkanes of at least 4 members (excludes halogenated alkanes) is 24. The van der Waals surface area contributed by atoms with Gasteiger partial charge in [-0.1, -0.05) is 191 Å². The number of ether oxygens (including phenoxy) is 2. The van der Waals surface area contributed by atoms with Crippen LogP contribution < -0.4 is 5.32 Å². The maximum Gasteiger partial charge on any atom is 0.249 e. The third-order valence-electron chi connectivity index (χ3n) is 12.6. The van der Waals surface area contributed by atoms with Gasteiger partial charge in [-0.2, -0.15) is 0 Å². The fourth-order valence-corrected chi connectivity index (χ4v) is 8.26. The van der Waals surface area contributed by atoms with Crippen molar-refractivity contribution in [3.8, 4) is 0 Å². The zero-order valence-corrected chi connectivity index (χ0v) is 41.2. The summed E-state index contributed by atoms with van der Waals surface area (Å²) in [7, 11) is 0. The highest BCUT2D eigenvalue weighted by atomic mass is 16.7. The molecule has 1 amide bonds. The predicted octanol–water partition coefficient (Wildman–Crippen LogP) is 10.1. The standard InChI is InChI=1S/C54H99NO10/c1-3-5-7-9-11-13-15-17-19-21-23-24-26-28-30-32-34-36-38-40-42-47(58)53(63)55-45(44-64-54-52(62)51(61)50(60)48(43-56)65-54)49(59)46(57)41-39-37-35-33-31-29-27-25-22-20-18-16-14-12-10-8-6-4-2/h5,7,11,13,25,27,33,35,45-52,54,56-62H,3-4,6,8-10,12,14-24,26,28-32,34,36-44H2,1-2H3,(H,55,63)/b7-5-,13-11-,27-25+,35-33+. The van der Waals surface area contributed by atoms with E-state index in [1.807, 2.05) is 0 Å². The summed E-state index contributed by atoms with van der Waals surface area (Å²) in [5.74, 6) is -0.712. The zero-order valence-electron chi connectivity index (χ0n) is 41.2. The van der Waals surface area contributed by atoms with Gasteiger partial charge in [-0.05, 0) is 77.0 Å². The zero-order chi connectivity index (χ0) is 47.6. The van der Waals surface area contributed by atoms with Gasteiger partial charge in [0.1, 0.15) is 36.6 Å². The van der Waals surface area contributed by atoms with Crippen LogP contribution in [0.5, 0.6) is 0 Å². The van der Waals surface area contributed by atoms with E-state index in [-0.39, 0.29) is 12.8 Å². The number of allylic oxidation sites excluding steroid dienone is 8. The number of carbonyl (C=O) groups is 1. The highest BCUT2D eigenvalue weighted by Crippen LogP contribution is 2.23. The van der Waals surface area contributed by atoms with Gasteiger partial charge >= 0.3 is 0 Å². The molecule has 0 aliphatic carbocycles. The molecule has 0 spiro atoms. The van der Waals surface area contributed by atoms with Crippen molar-refractivity contribution in [2.24, 2.45) is 0 Å². The first kappa shape index (κ1) is 61.1. The first-order valence-corrected chi connectivity index (χ1v) is 26.5. The number of aliphatic hydroxyl groups is 7. The number of amides is 1. The summed E-state index contributed by atoms with van der Waals surface area (Å²) in [6, 6.07) is -1.19. The largest absolute Gasteiger partial charge is 0.394 e. The van der Waals surface area contributed by atoms with E-state index in [2.05, 4.69) is 67.8 Å². The second kappa shape index (κ2) is 43.4. The second-order valence-corrected chi connectivity index (χ2v) is 18.5. The van der Waals surface area contributed by atoms with Crippen molar-refractivity contribution in [3.63, 3.8) is 0 Å². The van der Waals surface area contributed by atoms with Crippen molar-refractivity contribution in [1.82, 2.24) is 5.32 Å². The average molecular weight is 922 g/mol. The lowest BCUT2D eigenvalue weighted by atomic mass is 9.98. The van der Waals surface area contributed by atoms with Gasteiger partial charge in [-0.25, -0.2) is 0 Å². The van der Waals surface area contributed by atoms with Gasteiger partial charge < -0.3 is 50.5 Å². The van der Waals surface area contributed by atoms with E-state index in [1.165, 1.54) is 122 Å². The number of aliphatic hydroxyl groups excluding tert-OH is 7. The summed E-state index contributed by atoms with van der Waals surface area (Å²) in [6.45, 7) is 3.33. The van der Waals surface area contributed by atoms with Gasteiger partial charge in [-0.3, -0.25) is 4.79 Å². The number of hydrogen-bond acceptors (Lipinski definition) is 10. The van der Waals surface area contributed by atoms with E-state index >= 15 is 0 Å². The predicted molar refractivity (Wildman–Crippen MR) is 265 cm³/mol. The Bertz CT molecular complexity index is 1190. The average Bonchev–Trinajstić information content (AvgIpc) is 3.31. The van der Waals surface area contributed by atoms with Gasteiger partial charge in [0.25, 0.3) is 0 Å². The maximum absolute atomic E-state index is 13.1. The fourth-order valence-electron chi connectivity index (χ4n) is 8.26. The molecule has 380 valence electrons. The van der Waals surface area contributed by atoms with E-state index in [1.54, 1.807) is 0 Å². The molecule has 1 fully saturated rings. The monoisotopic (exact) mass is 922 g/mol. The lowest BCUT2D eigenvalue weighted by Crippen LogP contribution is -2.60. The summed E-state index contributed by atoms with van der Waals surface area (Å²) >= 11 is 0. The van der Waals surface area contributed by atoms with Crippen molar-refractivity contribution in [2.45, 2.75) is 274 Å². The van der Waals surface area contributed by atoms with Gasteiger partial charge in [0, 0.05) is 0 Å². The molecule has 8 N–H and O–H groups in total. The van der Waals surface area contributed by atoms with Crippen LogP contribution in [0.1, 0.15) is 219 Å². The van der Waals surface area contributed by atoms with Crippen molar-refractivity contribution in [3.05, 3.63) is 48.6 Å². The van der Waals surface area contributed by atoms with Crippen LogP contribution in [0.3, 0.4) is 0 Å². The van der Waals surface area contributed by atoms with Crippen LogP contribution in [-0.2, 0) is 14.3 Å². The molecule has 9 unspecified atom stereocenters. The van der Waals surface area contributed by atoms with E-state index in [4.69, 9.17) is 9.47 Å². The van der Waals surface area contributed by atoms with E-state index in [9.17, 15) is 40.5 Å². The van der Waals surface area contributed by atoms with Crippen LogP contribution in [0, 0.1) is 0 Å². The lowest BCUT2D eigenvalue weighted by molar-refractivity contribution is -0.303. The SMILES string of the molecule is CC/C=C\C/C=C\CCCCCCCCCCCCCCCC(O)C(=O)NC(COC1OC(CO)C(O)C(O)C1O)C(O)C(O)CCC/C=C/CC/C=C/CCCCCCCCCCC. The van der Waals surface area contributed by atoms with Crippen LogP contribution in [-0.4, -0.2) is 110 Å². The molecule has 1 heterocycles. The number of carbonyl (C=O) groups excluding carboxylic acids is 1. The first-order chi connectivity index (χ1) is 31.7. The van der Waals surface area contributed by atoms with Gasteiger partial charge in [0.15, 0.2) is 6.29 Å². The molecule has 1 saturated heterocycles. The molecular weight excluding hydrogens is 823 g/mol. The van der Waals surface area contributed by atoms with Crippen molar-refractivity contribution in [1.29, 1.82) is 0 Å². The Labute approximate surface area is 396 Å². The Morgan fingerprint density at radius 1 is 0.554 bits per heavy atom. The Hall–Kier alpha value is -1.93. The molecule has 0 aromatic carbocycles. The molecule has 1 aliphatic heterocycles. The Morgan fingerprint density at radius 2 is 1.02 bits per heavy atom. The van der Waals surface area contributed by atoms with Crippen LogP contribution in [0.25, 0.3) is 0 Å². The topological polar surface area (TPSA) is 189 Å². The van der Waals surface area contributed by atoms with Crippen LogP contribution in [0.15, 0.2) is 48.6 Å². The smallest absolute Gasteiger partial charge is 0.249 e. The summed E-state index contributed by atoms with van der Waals surface area (Å²) < 4.78 is 11.1. The van der Waals surface area contributed by atoms with Crippen LogP contribution >= 0.6 is 0 Å². The summed E-state index contributed by atoms with van der Waals surface area (Å²) in [6.07, 6.45) is 41.6. The molecule has 0 aromatic heterocycles. The molecule has 0 bridgehead atoms. The molecule has 1 aliphatic rings. The summed E-state index contributed by atoms with van der Waals surface area (Å²) in [5, 5.41) is 75.9. The van der Waals surface area contributed by atoms with Crippen molar-refractivity contribution >= 4 is 5.91 Å². The number of hydrogen-bond donors (Lipinski definition) is 8. The molecule has 1 rings (SSSR count). The maximum atomic E-state index is 13.1. The fraction of sp³-hybridized carbons (Fsp3) is 0.833.